The molecule has 2 heteroatoms. The first-order valence-corrected chi connectivity index (χ1v) is 6.62. The molecular weight excluding hydrogens is 184 g/mol. The summed E-state index contributed by atoms with van der Waals surface area (Å²) >= 11 is 0. The Balaban J connectivity index is 2.17. The second-order valence-corrected chi connectivity index (χ2v) is 5.34. The van der Waals surface area contributed by atoms with Crippen LogP contribution in [0.15, 0.2) is 0 Å². The van der Waals surface area contributed by atoms with Gasteiger partial charge in [0.15, 0.2) is 0 Å². The second kappa shape index (κ2) is 6.49. The summed E-state index contributed by atoms with van der Waals surface area (Å²) in [6, 6.07) is 1.97. The van der Waals surface area contributed by atoms with Gasteiger partial charge in [0.1, 0.15) is 0 Å². The summed E-state index contributed by atoms with van der Waals surface area (Å²) in [5.74, 6) is 0. The minimum absolute atomic E-state index is 0.376. The van der Waals surface area contributed by atoms with Gasteiger partial charge in [-0.05, 0) is 53.0 Å². The van der Waals surface area contributed by atoms with Crippen molar-refractivity contribution >= 4 is 0 Å². The van der Waals surface area contributed by atoms with Crippen LogP contribution in [0.4, 0.5) is 0 Å². The Kier molecular flexibility index (Phi) is 5.62. The fraction of sp³-hybridized carbons (Fsp3) is 1.00. The van der Waals surface area contributed by atoms with Crippen molar-refractivity contribution in [3.8, 4) is 0 Å². The minimum Gasteiger partial charge on any atom is -0.328 e. The number of rotatable bonds is 5. The fourth-order valence-corrected chi connectivity index (χ4v) is 2.68. The number of unbranched alkanes of at least 4 members (excludes halogenated alkanes) is 1. The molecule has 15 heavy (non-hydrogen) atoms. The van der Waals surface area contributed by atoms with E-state index >= 15 is 0 Å². The van der Waals surface area contributed by atoms with Crippen molar-refractivity contribution < 1.29 is 0 Å². The van der Waals surface area contributed by atoms with Gasteiger partial charge in [-0.15, -0.1) is 0 Å². The molecule has 0 aromatic rings. The third-order valence-corrected chi connectivity index (χ3v) is 3.70. The average molecular weight is 212 g/mol. The van der Waals surface area contributed by atoms with Crippen molar-refractivity contribution in [3.05, 3.63) is 0 Å². The minimum atomic E-state index is 0.376. The molecule has 1 aliphatic rings. The Morgan fingerprint density at radius 2 is 1.80 bits per heavy atom. The average Bonchev–Trinajstić information content (AvgIpc) is 2.15. The fourth-order valence-electron chi connectivity index (χ4n) is 2.68. The van der Waals surface area contributed by atoms with Crippen molar-refractivity contribution in [1.29, 1.82) is 0 Å². The molecule has 0 aliphatic carbocycles. The quantitative estimate of drug-likeness (QED) is 0.710. The first-order valence-electron chi connectivity index (χ1n) is 6.62. The molecule has 0 radical (unpaired) electrons. The van der Waals surface area contributed by atoms with Crippen molar-refractivity contribution in [3.63, 3.8) is 0 Å². The molecular formula is C13H28N2. The SMILES string of the molecule is CC(N)CCCCN1C(C)CCCC1C. The zero-order valence-electron chi connectivity index (χ0n) is 10.7. The van der Waals surface area contributed by atoms with Crippen LogP contribution in [0.3, 0.4) is 0 Å². The van der Waals surface area contributed by atoms with E-state index in [-0.39, 0.29) is 0 Å². The topological polar surface area (TPSA) is 29.3 Å². The zero-order chi connectivity index (χ0) is 11.3. The lowest BCUT2D eigenvalue weighted by Gasteiger charge is -2.39. The van der Waals surface area contributed by atoms with Crippen LogP contribution >= 0.6 is 0 Å². The van der Waals surface area contributed by atoms with Gasteiger partial charge in [0.25, 0.3) is 0 Å². The van der Waals surface area contributed by atoms with Crippen molar-refractivity contribution in [2.24, 2.45) is 5.73 Å². The summed E-state index contributed by atoms with van der Waals surface area (Å²) < 4.78 is 0. The van der Waals surface area contributed by atoms with Crippen LogP contribution in [-0.4, -0.2) is 29.6 Å². The molecule has 2 nitrogen and oxygen atoms in total. The van der Waals surface area contributed by atoms with Crippen LogP contribution in [0, 0.1) is 0 Å². The molecule has 0 spiro atoms. The van der Waals surface area contributed by atoms with E-state index in [0.29, 0.717) is 6.04 Å². The number of likely N-dealkylation sites (tertiary alicyclic amines) is 1. The molecule has 1 heterocycles. The van der Waals surface area contributed by atoms with E-state index in [4.69, 9.17) is 5.73 Å². The van der Waals surface area contributed by atoms with E-state index in [1.165, 1.54) is 45.1 Å². The summed E-state index contributed by atoms with van der Waals surface area (Å²) in [6.45, 7) is 8.13. The highest BCUT2D eigenvalue weighted by Crippen LogP contribution is 2.22. The Morgan fingerprint density at radius 1 is 1.20 bits per heavy atom. The first-order chi connectivity index (χ1) is 7.11. The van der Waals surface area contributed by atoms with E-state index in [1.54, 1.807) is 0 Å². The maximum atomic E-state index is 5.75. The van der Waals surface area contributed by atoms with Gasteiger partial charge in [-0.2, -0.15) is 0 Å². The summed E-state index contributed by atoms with van der Waals surface area (Å²) in [4.78, 5) is 2.69. The summed E-state index contributed by atoms with van der Waals surface area (Å²) in [5, 5.41) is 0. The number of hydrogen-bond donors (Lipinski definition) is 1. The van der Waals surface area contributed by atoms with E-state index in [2.05, 4.69) is 25.7 Å². The maximum absolute atomic E-state index is 5.75. The largest absolute Gasteiger partial charge is 0.328 e. The third-order valence-electron chi connectivity index (χ3n) is 3.70. The molecule has 3 atom stereocenters. The van der Waals surface area contributed by atoms with Crippen molar-refractivity contribution in [1.82, 2.24) is 4.90 Å². The lowest BCUT2D eigenvalue weighted by molar-refractivity contribution is 0.101. The number of nitrogens with zero attached hydrogens (tertiary/aromatic N) is 1. The standard InChI is InChI=1S/C13H28N2/c1-11(14)7-4-5-10-15-12(2)8-6-9-13(15)3/h11-13H,4-10,14H2,1-3H3. The normalized spacial score (nSPS) is 30.4. The first kappa shape index (κ1) is 13.0. The number of piperidine rings is 1. The van der Waals surface area contributed by atoms with Crippen LogP contribution in [0.25, 0.3) is 0 Å². The van der Waals surface area contributed by atoms with E-state index in [1.807, 2.05) is 0 Å². The maximum Gasteiger partial charge on any atom is 0.00697 e. The smallest absolute Gasteiger partial charge is 0.00697 e. The van der Waals surface area contributed by atoms with Gasteiger partial charge in [0.2, 0.25) is 0 Å². The van der Waals surface area contributed by atoms with E-state index in [9.17, 15) is 0 Å². The van der Waals surface area contributed by atoms with Crippen LogP contribution in [0.1, 0.15) is 59.3 Å². The van der Waals surface area contributed by atoms with Gasteiger partial charge in [0, 0.05) is 18.1 Å². The number of nitrogens with two attached hydrogens (primary N) is 1. The van der Waals surface area contributed by atoms with E-state index in [0.717, 1.165) is 12.1 Å². The zero-order valence-corrected chi connectivity index (χ0v) is 10.7. The highest BCUT2D eigenvalue weighted by Gasteiger charge is 2.23. The van der Waals surface area contributed by atoms with Crippen molar-refractivity contribution in [2.75, 3.05) is 6.54 Å². The summed E-state index contributed by atoms with van der Waals surface area (Å²) in [6.07, 6.45) is 7.97. The van der Waals surface area contributed by atoms with E-state index < -0.39 is 0 Å². The van der Waals surface area contributed by atoms with Gasteiger partial charge >= 0.3 is 0 Å². The summed E-state index contributed by atoms with van der Waals surface area (Å²) in [5.41, 5.74) is 5.75. The highest BCUT2D eigenvalue weighted by molar-refractivity contribution is 4.79. The molecule has 2 N–H and O–H groups in total. The van der Waals surface area contributed by atoms with Crippen molar-refractivity contribution in [2.45, 2.75) is 77.4 Å². The molecule has 90 valence electrons. The monoisotopic (exact) mass is 212 g/mol. The van der Waals surface area contributed by atoms with Crippen LogP contribution in [0.5, 0.6) is 0 Å². The molecule has 1 fully saturated rings. The lowest BCUT2D eigenvalue weighted by Crippen LogP contribution is -2.44. The molecule has 0 aromatic heterocycles. The Hall–Kier alpha value is -0.0800. The predicted molar refractivity (Wildman–Crippen MR) is 67.0 cm³/mol. The molecule has 1 saturated heterocycles. The Bertz CT molecular complexity index is 158. The lowest BCUT2D eigenvalue weighted by atomic mass is 9.97. The van der Waals surface area contributed by atoms with Crippen LogP contribution in [-0.2, 0) is 0 Å². The predicted octanol–water partition coefficient (Wildman–Crippen LogP) is 2.77. The van der Waals surface area contributed by atoms with Gasteiger partial charge in [0.05, 0.1) is 0 Å². The molecule has 3 unspecified atom stereocenters. The van der Waals surface area contributed by atoms with Gasteiger partial charge in [-0.1, -0.05) is 12.8 Å². The Morgan fingerprint density at radius 3 is 2.33 bits per heavy atom. The summed E-state index contributed by atoms with van der Waals surface area (Å²) in [7, 11) is 0. The van der Waals surface area contributed by atoms with Gasteiger partial charge < -0.3 is 5.73 Å². The second-order valence-electron chi connectivity index (χ2n) is 5.34. The third kappa shape index (κ3) is 4.52. The van der Waals surface area contributed by atoms with Crippen LogP contribution < -0.4 is 5.73 Å². The molecule has 0 bridgehead atoms. The van der Waals surface area contributed by atoms with Gasteiger partial charge in [-0.3, -0.25) is 4.90 Å². The highest BCUT2D eigenvalue weighted by atomic mass is 15.2. The molecule has 0 saturated carbocycles. The van der Waals surface area contributed by atoms with Crippen LogP contribution in [0.2, 0.25) is 0 Å². The van der Waals surface area contributed by atoms with Gasteiger partial charge in [-0.25, -0.2) is 0 Å². The molecule has 1 rings (SSSR count). The molecule has 0 aromatic carbocycles. The Labute approximate surface area is 95.2 Å². The number of hydrogen-bond acceptors (Lipinski definition) is 2. The molecule has 0 amide bonds. The molecule has 1 aliphatic heterocycles.